The van der Waals surface area contributed by atoms with E-state index in [0.29, 0.717) is 17.1 Å². The van der Waals surface area contributed by atoms with Gasteiger partial charge in [-0.25, -0.2) is 13.8 Å². The molecule has 0 radical (unpaired) electrons. The minimum absolute atomic E-state index is 0.0434. The highest BCUT2D eigenvalue weighted by Crippen LogP contribution is 2.20. The Balaban J connectivity index is 1.26. The summed E-state index contributed by atoms with van der Waals surface area (Å²) in [5.41, 5.74) is 2.12. The molecule has 5 rings (SSSR count). The van der Waals surface area contributed by atoms with Gasteiger partial charge in [-0.2, -0.15) is 0 Å². The second-order valence-corrected chi connectivity index (χ2v) is 10.1. The zero-order chi connectivity index (χ0) is 28.2. The third-order valence-electron chi connectivity index (χ3n) is 7.51. The highest BCUT2D eigenvalue weighted by molar-refractivity contribution is 5.93. The normalized spacial score (nSPS) is 15.2. The number of pyridine rings is 1. The quantitative estimate of drug-likeness (QED) is 0.338. The van der Waals surface area contributed by atoms with Crippen LogP contribution in [0, 0.1) is 11.6 Å². The van der Waals surface area contributed by atoms with Crippen LogP contribution in [0.4, 0.5) is 14.6 Å². The second-order valence-electron chi connectivity index (χ2n) is 10.1. The van der Waals surface area contributed by atoms with Gasteiger partial charge in [-0.15, -0.1) is 0 Å². The lowest BCUT2D eigenvalue weighted by molar-refractivity contribution is 0.0948. The van der Waals surface area contributed by atoms with Gasteiger partial charge in [-0.05, 0) is 73.8 Å². The van der Waals surface area contributed by atoms with Gasteiger partial charge in [0, 0.05) is 31.9 Å². The molecule has 1 fully saturated rings. The molecule has 1 atom stereocenters. The molecule has 1 amide bonds. The van der Waals surface area contributed by atoms with Gasteiger partial charge in [0.1, 0.15) is 11.4 Å². The number of carbonyl (C=O) groups excluding carboxylic acids is 1. The summed E-state index contributed by atoms with van der Waals surface area (Å²) in [6.07, 6.45) is 5.38. The van der Waals surface area contributed by atoms with Gasteiger partial charge < -0.3 is 20.1 Å². The summed E-state index contributed by atoms with van der Waals surface area (Å²) in [6, 6.07) is 11.9. The molecule has 0 bridgehead atoms. The number of carbonyl (C=O) groups is 1. The Hall–Kier alpha value is -4.18. The molecular formula is C30H32F2N6O2. The molecule has 8 nitrogen and oxygen atoms in total. The molecule has 4 aromatic rings. The second kappa shape index (κ2) is 11.9. The number of nitrogens with one attached hydrogen (secondary N) is 2. The highest BCUT2D eigenvalue weighted by Gasteiger charge is 2.19. The number of likely N-dealkylation sites (tertiary alicyclic amines) is 1. The molecule has 3 heterocycles. The standard InChI is InChI=1S/C30H32F2N6O2/c1-3-37-13-10-22(11-14-37)35-28-18-33-26-9-6-20(15-27(26)36-28)17-34-29(39)23-5-4-12-38(30(23)40)19(2)21-7-8-24(31)25(32)16-21/h4-9,12,15-16,18-19,22H,3,10-11,13-14,17H2,1-2H3,(H,34,39)(H,35,36)/t19-/m0/s1. The van der Waals surface area contributed by atoms with Crippen molar-refractivity contribution in [3.8, 4) is 0 Å². The van der Waals surface area contributed by atoms with E-state index < -0.39 is 29.1 Å². The van der Waals surface area contributed by atoms with E-state index in [2.05, 4.69) is 27.4 Å². The van der Waals surface area contributed by atoms with Crippen molar-refractivity contribution in [3.63, 3.8) is 0 Å². The number of fused-ring (bicyclic) bond motifs is 1. The molecule has 2 aromatic carbocycles. The third-order valence-corrected chi connectivity index (χ3v) is 7.51. The van der Waals surface area contributed by atoms with Crippen LogP contribution >= 0.6 is 0 Å². The number of halogens is 2. The number of aromatic nitrogens is 3. The van der Waals surface area contributed by atoms with Crippen molar-refractivity contribution in [3.05, 3.63) is 99.6 Å². The van der Waals surface area contributed by atoms with Gasteiger partial charge in [0.15, 0.2) is 11.6 Å². The van der Waals surface area contributed by atoms with Gasteiger partial charge >= 0.3 is 0 Å². The molecule has 0 unspecified atom stereocenters. The van der Waals surface area contributed by atoms with E-state index in [1.54, 1.807) is 19.2 Å². The molecule has 2 N–H and O–H groups in total. The van der Waals surface area contributed by atoms with Crippen LogP contribution in [0.2, 0.25) is 0 Å². The van der Waals surface area contributed by atoms with Crippen molar-refractivity contribution in [2.75, 3.05) is 25.0 Å². The van der Waals surface area contributed by atoms with Crippen LogP contribution in [0.1, 0.15) is 54.2 Å². The van der Waals surface area contributed by atoms with Gasteiger partial charge in [-0.3, -0.25) is 14.6 Å². The fourth-order valence-corrected chi connectivity index (χ4v) is 5.04. The SMILES string of the molecule is CCN1CCC(Nc2cnc3ccc(CNC(=O)c4cccn([C@@H](C)c5ccc(F)c(F)c5)c4=O)cc3n2)CC1. The molecule has 1 aliphatic rings. The largest absolute Gasteiger partial charge is 0.366 e. The van der Waals surface area contributed by atoms with E-state index in [1.807, 2.05) is 18.2 Å². The van der Waals surface area contributed by atoms with Gasteiger partial charge in [0.2, 0.25) is 0 Å². The minimum atomic E-state index is -0.994. The van der Waals surface area contributed by atoms with E-state index in [1.165, 1.54) is 22.9 Å². The average Bonchev–Trinajstić information content (AvgIpc) is 2.97. The smallest absolute Gasteiger partial charge is 0.263 e. The highest BCUT2D eigenvalue weighted by atomic mass is 19.2. The van der Waals surface area contributed by atoms with Crippen molar-refractivity contribution in [1.82, 2.24) is 24.8 Å². The lowest BCUT2D eigenvalue weighted by Gasteiger charge is -2.31. The number of rotatable bonds is 8. The number of anilines is 1. The Morgan fingerprint density at radius 1 is 1.07 bits per heavy atom. The zero-order valence-electron chi connectivity index (χ0n) is 22.5. The first-order valence-corrected chi connectivity index (χ1v) is 13.5. The number of piperidine rings is 1. The van der Waals surface area contributed by atoms with E-state index in [0.717, 1.165) is 61.5 Å². The third kappa shape index (κ3) is 6.02. The summed E-state index contributed by atoms with van der Waals surface area (Å²) < 4.78 is 28.4. The van der Waals surface area contributed by atoms with Crippen molar-refractivity contribution < 1.29 is 13.6 Å². The molecule has 208 valence electrons. The predicted octanol–water partition coefficient (Wildman–Crippen LogP) is 4.51. The minimum Gasteiger partial charge on any atom is -0.366 e. The summed E-state index contributed by atoms with van der Waals surface area (Å²) in [5, 5.41) is 6.30. The van der Waals surface area contributed by atoms with Crippen molar-refractivity contribution in [2.24, 2.45) is 0 Å². The Kier molecular flexibility index (Phi) is 8.16. The summed E-state index contributed by atoms with van der Waals surface area (Å²) in [4.78, 5) is 37.8. The van der Waals surface area contributed by atoms with Crippen LogP contribution in [-0.2, 0) is 6.54 Å². The number of hydrogen-bond donors (Lipinski definition) is 2. The number of benzene rings is 2. The fraction of sp³-hybridized carbons (Fsp3) is 0.333. The Bertz CT molecular complexity index is 1580. The number of hydrogen-bond acceptors (Lipinski definition) is 6. The molecule has 0 aliphatic carbocycles. The molecule has 1 saturated heterocycles. The Morgan fingerprint density at radius 3 is 2.62 bits per heavy atom. The van der Waals surface area contributed by atoms with Crippen LogP contribution in [0.5, 0.6) is 0 Å². The van der Waals surface area contributed by atoms with Crippen LogP contribution in [0.15, 0.2) is 65.7 Å². The maximum absolute atomic E-state index is 13.7. The van der Waals surface area contributed by atoms with E-state index in [9.17, 15) is 18.4 Å². The van der Waals surface area contributed by atoms with E-state index in [-0.39, 0.29) is 12.1 Å². The summed E-state index contributed by atoms with van der Waals surface area (Å²) in [5.74, 6) is -1.76. The van der Waals surface area contributed by atoms with Crippen LogP contribution in [-0.4, -0.2) is 51.0 Å². The maximum atomic E-state index is 13.7. The maximum Gasteiger partial charge on any atom is 0.263 e. The van der Waals surface area contributed by atoms with Crippen molar-refractivity contribution in [2.45, 2.75) is 45.3 Å². The number of amides is 1. The Morgan fingerprint density at radius 2 is 1.88 bits per heavy atom. The van der Waals surface area contributed by atoms with Gasteiger partial charge in [-0.1, -0.05) is 19.1 Å². The Labute approximate surface area is 231 Å². The van der Waals surface area contributed by atoms with Gasteiger partial charge in [0.05, 0.1) is 23.3 Å². The molecule has 0 saturated carbocycles. The summed E-state index contributed by atoms with van der Waals surface area (Å²) in [6.45, 7) is 7.25. The van der Waals surface area contributed by atoms with Crippen molar-refractivity contribution >= 4 is 22.8 Å². The van der Waals surface area contributed by atoms with Crippen LogP contribution < -0.4 is 16.2 Å². The first-order chi connectivity index (χ1) is 19.3. The zero-order valence-corrected chi connectivity index (χ0v) is 22.5. The lowest BCUT2D eigenvalue weighted by Crippen LogP contribution is -2.39. The van der Waals surface area contributed by atoms with Crippen LogP contribution in [0.25, 0.3) is 11.0 Å². The summed E-state index contributed by atoms with van der Waals surface area (Å²) >= 11 is 0. The average molecular weight is 547 g/mol. The predicted molar refractivity (Wildman–Crippen MR) is 150 cm³/mol. The van der Waals surface area contributed by atoms with Gasteiger partial charge in [0.25, 0.3) is 11.5 Å². The topological polar surface area (TPSA) is 92.1 Å². The molecule has 2 aromatic heterocycles. The summed E-state index contributed by atoms with van der Waals surface area (Å²) in [7, 11) is 0. The van der Waals surface area contributed by atoms with E-state index >= 15 is 0 Å². The first kappa shape index (κ1) is 27.4. The monoisotopic (exact) mass is 546 g/mol. The van der Waals surface area contributed by atoms with E-state index in [4.69, 9.17) is 4.98 Å². The molecule has 40 heavy (non-hydrogen) atoms. The molecule has 0 spiro atoms. The molecular weight excluding hydrogens is 514 g/mol. The fourth-order valence-electron chi connectivity index (χ4n) is 5.04. The molecule has 1 aliphatic heterocycles. The van der Waals surface area contributed by atoms with Crippen molar-refractivity contribution in [1.29, 1.82) is 0 Å². The van der Waals surface area contributed by atoms with Crippen LogP contribution in [0.3, 0.4) is 0 Å². The first-order valence-electron chi connectivity index (χ1n) is 13.5. The lowest BCUT2D eigenvalue weighted by atomic mass is 10.1. The molecule has 10 heteroatoms. The number of nitrogens with zero attached hydrogens (tertiary/aromatic N) is 4.